The van der Waals surface area contributed by atoms with Crippen molar-refractivity contribution in [2.45, 2.75) is 74.4 Å². The van der Waals surface area contributed by atoms with Crippen LogP contribution in [0.25, 0.3) is 22.2 Å². The number of aromatic nitrogens is 3. The first-order valence-electron chi connectivity index (χ1n) is 14.3. The van der Waals surface area contributed by atoms with Crippen molar-refractivity contribution in [1.29, 1.82) is 0 Å². The van der Waals surface area contributed by atoms with E-state index < -0.39 is 9.84 Å². The predicted octanol–water partition coefficient (Wildman–Crippen LogP) is 7.56. The minimum absolute atomic E-state index is 0.0777. The SMILES string of the molecule is CS(=O)(=O)c1ccnc2ccc(OCC34CCC(OCc5c(-c6c(Cl)cncc6Cl)noc5C5CC5)(CC3)CC4)cc12. The van der Waals surface area contributed by atoms with Crippen molar-refractivity contribution >= 4 is 43.9 Å². The largest absolute Gasteiger partial charge is 0.493 e. The van der Waals surface area contributed by atoms with E-state index in [1.807, 2.05) is 12.1 Å². The van der Waals surface area contributed by atoms with Crippen LogP contribution < -0.4 is 4.74 Å². The van der Waals surface area contributed by atoms with Gasteiger partial charge in [0, 0.05) is 52.7 Å². The van der Waals surface area contributed by atoms with Gasteiger partial charge >= 0.3 is 0 Å². The highest BCUT2D eigenvalue weighted by Gasteiger charge is 2.50. The molecule has 4 aromatic rings. The summed E-state index contributed by atoms with van der Waals surface area (Å²) in [5.41, 5.74) is 2.74. The molecule has 0 N–H and O–H groups in total. The summed E-state index contributed by atoms with van der Waals surface area (Å²) in [6, 6.07) is 7.02. The van der Waals surface area contributed by atoms with Crippen LogP contribution in [0, 0.1) is 5.41 Å². The highest BCUT2D eigenvalue weighted by Crippen LogP contribution is 2.55. The Labute approximate surface area is 254 Å². The lowest BCUT2D eigenvalue weighted by atomic mass is 9.59. The number of nitrogens with zero attached hydrogens (tertiary/aromatic N) is 3. The lowest BCUT2D eigenvalue weighted by Crippen LogP contribution is -2.49. The third-order valence-corrected chi connectivity index (χ3v) is 11.1. The maximum absolute atomic E-state index is 12.3. The number of rotatable bonds is 9. The smallest absolute Gasteiger partial charge is 0.176 e. The summed E-state index contributed by atoms with van der Waals surface area (Å²) in [5.74, 6) is 1.91. The molecule has 0 spiro atoms. The summed E-state index contributed by atoms with van der Waals surface area (Å²) in [4.78, 5) is 8.66. The van der Waals surface area contributed by atoms with Crippen LogP contribution in [0.2, 0.25) is 10.0 Å². The maximum atomic E-state index is 12.3. The van der Waals surface area contributed by atoms with Gasteiger partial charge in [0.15, 0.2) is 9.84 Å². The molecule has 4 aliphatic carbocycles. The van der Waals surface area contributed by atoms with Gasteiger partial charge in [0.05, 0.1) is 39.3 Å². The first-order valence-corrected chi connectivity index (χ1v) is 16.9. The van der Waals surface area contributed by atoms with Gasteiger partial charge in [-0.15, -0.1) is 0 Å². The molecule has 3 aromatic heterocycles. The molecule has 0 amide bonds. The van der Waals surface area contributed by atoms with Gasteiger partial charge in [-0.05, 0) is 75.6 Å². The molecule has 4 aliphatic rings. The quantitative estimate of drug-likeness (QED) is 0.187. The fraction of sp³-hybridized carbons (Fsp3) is 0.452. The van der Waals surface area contributed by atoms with Crippen molar-refractivity contribution in [2.75, 3.05) is 12.9 Å². The van der Waals surface area contributed by atoms with E-state index in [1.165, 1.54) is 12.5 Å². The predicted molar refractivity (Wildman–Crippen MR) is 160 cm³/mol. The highest BCUT2D eigenvalue weighted by molar-refractivity contribution is 7.91. The van der Waals surface area contributed by atoms with Crippen LogP contribution in [0.1, 0.15) is 68.6 Å². The molecule has 0 radical (unpaired) electrons. The highest BCUT2D eigenvalue weighted by atomic mass is 35.5. The minimum atomic E-state index is -3.38. The van der Waals surface area contributed by atoms with Gasteiger partial charge in [-0.25, -0.2) is 8.42 Å². The van der Waals surface area contributed by atoms with Crippen molar-refractivity contribution < 1.29 is 22.4 Å². The molecule has 0 aliphatic heterocycles. The molecule has 4 saturated carbocycles. The normalized spacial score (nSPS) is 23.9. The Hall–Kier alpha value is -2.72. The minimum Gasteiger partial charge on any atom is -0.493 e. The second kappa shape index (κ2) is 10.5. The first-order chi connectivity index (χ1) is 20.2. The number of pyridine rings is 2. The topological polar surface area (TPSA) is 104 Å². The van der Waals surface area contributed by atoms with Gasteiger partial charge < -0.3 is 14.0 Å². The zero-order valence-electron chi connectivity index (χ0n) is 23.2. The molecule has 4 fully saturated rings. The Balaban J connectivity index is 1.04. The number of fused-ring (bicyclic) bond motifs is 4. The van der Waals surface area contributed by atoms with Crippen LogP contribution in [0.5, 0.6) is 5.75 Å². The number of hydrogen-bond donors (Lipinski definition) is 0. The van der Waals surface area contributed by atoms with E-state index in [4.69, 9.17) is 37.2 Å². The van der Waals surface area contributed by atoms with E-state index in [9.17, 15) is 8.42 Å². The molecule has 8 rings (SSSR count). The van der Waals surface area contributed by atoms with Crippen LogP contribution in [0.4, 0.5) is 0 Å². The maximum Gasteiger partial charge on any atom is 0.176 e. The van der Waals surface area contributed by atoms with E-state index in [0.717, 1.165) is 62.7 Å². The van der Waals surface area contributed by atoms with Gasteiger partial charge in [-0.2, -0.15) is 0 Å². The van der Waals surface area contributed by atoms with Crippen LogP contribution in [-0.2, 0) is 21.2 Å². The van der Waals surface area contributed by atoms with Gasteiger partial charge in [0.1, 0.15) is 17.2 Å². The fourth-order valence-corrected chi connectivity index (χ4v) is 8.01. The van der Waals surface area contributed by atoms with E-state index in [0.29, 0.717) is 57.1 Å². The average molecular weight is 629 g/mol. The zero-order valence-corrected chi connectivity index (χ0v) is 25.6. The summed E-state index contributed by atoms with van der Waals surface area (Å²) in [5, 5.41) is 5.85. The van der Waals surface area contributed by atoms with E-state index in [-0.39, 0.29) is 15.9 Å². The Morgan fingerprint density at radius 3 is 2.40 bits per heavy atom. The van der Waals surface area contributed by atoms with Crippen molar-refractivity contribution in [2.24, 2.45) is 5.41 Å². The second-order valence-electron chi connectivity index (χ2n) is 12.1. The van der Waals surface area contributed by atoms with Crippen molar-refractivity contribution in [1.82, 2.24) is 15.1 Å². The molecular formula is C31H31Cl2N3O5S. The Morgan fingerprint density at radius 1 is 1.02 bits per heavy atom. The van der Waals surface area contributed by atoms with Crippen LogP contribution in [-0.4, -0.2) is 42.0 Å². The number of benzene rings is 1. The molecule has 8 nitrogen and oxygen atoms in total. The van der Waals surface area contributed by atoms with Crippen LogP contribution >= 0.6 is 23.2 Å². The summed E-state index contributed by atoms with van der Waals surface area (Å²) < 4.78 is 43.5. The van der Waals surface area contributed by atoms with Gasteiger partial charge in [0.25, 0.3) is 0 Å². The molecule has 0 saturated heterocycles. The number of ether oxygens (including phenoxy) is 2. The Kier molecular flexibility index (Phi) is 7.00. The van der Waals surface area contributed by atoms with Gasteiger partial charge in [-0.1, -0.05) is 28.4 Å². The lowest BCUT2D eigenvalue weighted by molar-refractivity contribution is -0.150. The molecule has 42 heavy (non-hydrogen) atoms. The Morgan fingerprint density at radius 2 is 1.74 bits per heavy atom. The second-order valence-corrected chi connectivity index (χ2v) is 14.9. The summed E-state index contributed by atoms with van der Waals surface area (Å²) in [7, 11) is -3.38. The lowest BCUT2D eigenvalue weighted by Gasteiger charge is -2.52. The molecule has 1 aromatic carbocycles. The van der Waals surface area contributed by atoms with Crippen molar-refractivity contribution in [3.05, 3.63) is 64.2 Å². The molecule has 3 heterocycles. The van der Waals surface area contributed by atoms with Crippen molar-refractivity contribution in [3.63, 3.8) is 0 Å². The number of halogens is 2. The molecule has 0 unspecified atom stereocenters. The summed E-state index contributed by atoms with van der Waals surface area (Å²) in [6.07, 6.45) is 13.9. The molecule has 11 heteroatoms. The standard InChI is InChI=1S/C31H31Cl2N3O5S/c1-42(37,38)26-6-13-35-25-5-4-20(14-21(25)26)39-18-30-7-10-31(11-8-30,12-9-30)40-17-22-28(36-41-29(22)19-2-3-19)27-23(32)15-34-16-24(27)33/h4-6,13-16,19H,2-3,7-12,17-18H2,1H3. The molecular weight excluding hydrogens is 597 g/mol. The first kappa shape index (κ1) is 28.1. The summed E-state index contributed by atoms with van der Waals surface area (Å²) in [6.45, 7) is 0.987. The molecule has 2 bridgehead atoms. The third-order valence-electron chi connectivity index (χ3n) is 9.33. The zero-order chi connectivity index (χ0) is 29.1. The molecule has 0 atom stereocenters. The summed E-state index contributed by atoms with van der Waals surface area (Å²) >= 11 is 13.0. The van der Waals surface area contributed by atoms with E-state index >= 15 is 0 Å². The van der Waals surface area contributed by atoms with Crippen LogP contribution in [0.15, 0.2) is 52.3 Å². The third kappa shape index (κ3) is 5.19. The number of sulfone groups is 1. The monoisotopic (exact) mass is 627 g/mol. The van der Waals surface area contributed by atoms with Crippen molar-refractivity contribution in [3.8, 4) is 17.0 Å². The fourth-order valence-electron chi connectivity index (χ4n) is 6.60. The Bertz CT molecular complexity index is 1740. The van der Waals surface area contributed by atoms with E-state index in [2.05, 4.69) is 15.1 Å². The molecule has 220 valence electrons. The van der Waals surface area contributed by atoms with Gasteiger partial charge in [-0.3, -0.25) is 9.97 Å². The van der Waals surface area contributed by atoms with Crippen LogP contribution in [0.3, 0.4) is 0 Å². The average Bonchev–Trinajstić information content (AvgIpc) is 3.75. The number of hydrogen-bond acceptors (Lipinski definition) is 8. The van der Waals surface area contributed by atoms with Gasteiger partial charge in [0.2, 0.25) is 0 Å². The van der Waals surface area contributed by atoms with E-state index in [1.54, 1.807) is 24.5 Å².